The number of carbonyl (C=O) groups excluding carboxylic acids is 1. The second kappa shape index (κ2) is 5.83. The van der Waals surface area contributed by atoms with Crippen molar-refractivity contribution in [1.29, 1.82) is 0 Å². The summed E-state index contributed by atoms with van der Waals surface area (Å²) in [4.78, 5) is 13.7. The number of halogens is 4. The molecule has 0 fully saturated rings. The third kappa shape index (κ3) is 2.90. The number of hydrogen-bond donors (Lipinski definition) is 0. The molecule has 0 N–H and O–H groups in total. The van der Waals surface area contributed by atoms with Crippen molar-refractivity contribution in [3.8, 4) is 5.69 Å². The number of benzene rings is 1. The lowest BCUT2D eigenvalue weighted by molar-refractivity contribution is -0.142. The van der Waals surface area contributed by atoms with Crippen LogP contribution in [0.3, 0.4) is 0 Å². The summed E-state index contributed by atoms with van der Waals surface area (Å²) in [5, 5.41) is 3.94. The zero-order valence-corrected chi connectivity index (χ0v) is 12.6. The molecule has 0 bridgehead atoms. The van der Waals surface area contributed by atoms with Gasteiger partial charge in [0.2, 0.25) is 6.08 Å². The molecule has 1 aromatic carbocycles. The highest BCUT2D eigenvalue weighted by atomic mass is 35.5. The molecule has 1 heterocycles. The van der Waals surface area contributed by atoms with Gasteiger partial charge in [-0.3, -0.25) is 0 Å². The van der Waals surface area contributed by atoms with Crippen LogP contribution in [-0.4, -0.2) is 15.9 Å². The van der Waals surface area contributed by atoms with Crippen molar-refractivity contribution in [3.05, 3.63) is 40.2 Å². The van der Waals surface area contributed by atoms with Crippen LogP contribution in [0.1, 0.15) is 29.8 Å². The van der Waals surface area contributed by atoms with Gasteiger partial charge in [0.15, 0.2) is 5.69 Å². The molecule has 2 aromatic rings. The fourth-order valence-electron chi connectivity index (χ4n) is 2.82. The van der Waals surface area contributed by atoms with Gasteiger partial charge in [0.1, 0.15) is 0 Å². The molecule has 0 amide bonds. The summed E-state index contributed by atoms with van der Waals surface area (Å²) in [5.74, 6) is 0. The van der Waals surface area contributed by atoms with E-state index in [-0.39, 0.29) is 16.3 Å². The van der Waals surface area contributed by atoms with Crippen LogP contribution >= 0.6 is 11.6 Å². The molecule has 8 heteroatoms. The zero-order chi connectivity index (χ0) is 16.6. The van der Waals surface area contributed by atoms with E-state index in [1.165, 1.54) is 29.0 Å². The molecule has 0 saturated carbocycles. The largest absolute Gasteiger partial charge is 0.435 e. The molecule has 0 aliphatic heterocycles. The van der Waals surface area contributed by atoms with E-state index in [4.69, 9.17) is 11.6 Å². The Kier molecular flexibility index (Phi) is 4.00. The number of isocyanates is 1. The van der Waals surface area contributed by atoms with Crippen LogP contribution in [0.5, 0.6) is 0 Å². The Hall–Kier alpha value is -2.11. The maximum Gasteiger partial charge on any atom is 0.435 e. The van der Waals surface area contributed by atoms with Crippen LogP contribution in [0.4, 0.5) is 18.9 Å². The van der Waals surface area contributed by atoms with Crippen molar-refractivity contribution in [2.75, 3.05) is 0 Å². The first-order valence-electron chi connectivity index (χ1n) is 6.97. The second-order valence-corrected chi connectivity index (χ2v) is 5.64. The summed E-state index contributed by atoms with van der Waals surface area (Å²) in [6.45, 7) is 0. The van der Waals surface area contributed by atoms with Crippen LogP contribution in [0, 0.1) is 0 Å². The first-order chi connectivity index (χ1) is 10.9. The molecular weight excluding hydrogens is 331 g/mol. The number of alkyl halides is 3. The Balaban J connectivity index is 2.17. The van der Waals surface area contributed by atoms with Crippen LogP contribution in [0.2, 0.25) is 5.02 Å². The van der Waals surface area contributed by atoms with E-state index in [1.807, 2.05) is 0 Å². The molecule has 0 atom stereocenters. The summed E-state index contributed by atoms with van der Waals surface area (Å²) in [6, 6.07) is 4.38. The fourth-order valence-corrected chi connectivity index (χ4v) is 3.07. The number of aromatic nitrogens is 2. The van der Waals surface area contributed by atoms with Crippen molar-refractivity contribution < 1.29 is 18.0 Å². The monoisotopic (exact) mass is 341 g/mol. The normalized spacial score (nSPS) is 14.3. The van der Waals surface area contributed by atoms with Gasteiger partial charge in [0, 0.05) is 11.3 Å². The molecule has 0 unspecified atom stereocenters. The van der Waals surface area contributed by atoms with Gasteiger partial charge in [-0.1, -0.05) is 11.6 Å². The van der Waals surface area contributed by atoms with Crippen molar-refractivity contribution in [3.63, 3.8) is 0 Å². The van der Waals surface area contributed by atoms with Crippen molar-refractivity contribution >= 4 is 23.4 Å². The highest BCUT2D eigenvalue weighted by Crippen LogP contribution is 2.38. The summed E-state index contributed by atoms with van der Waals surface area (Å²) < 4.78 is 40.9. The molecule has 23 heavy (non-hydrogen) atoms. The van der Waals surface area contributed by atoms with Gasteiger partial charge in [-0.25, -0.2) is 9.48 Å². The first kappa shape index (κ1) is 15.8. The Morgan fingerprint density at radius 1 is 1.26 bits per heavy atom. The van der Waals surface area contributed by atoms with E-state index < -0.39 is 11.9 Å². The molecule has 0 radical (unpaired) electrons. The second-order valence-electron chi connectivity index (χ2n) is 5.23. The highest BCUT2D eigenvalue weighted by molar-refractivity contribution is 6.32. The first-order valence-corrected chi connectivity index (χ1v) is 7.35. The predicted octanol–water partition coefficient (Wildman–Crippen LogP) is 4.39. The van der Waals surface area contributed by atoms with Gasteiger partial charge >= 0.3 is 6.18 Å². The van der Waals surface area contributed by atoms with Crippen molar-refractivity contribution in [2.45, 2.75) is 31.9 Å². The Bertz CT molecular complexity index is 807. The summed E-state index contributed by atoms with van der Waals surface area (Å²) in [6.07, 6.45) is -0.719. The molecule has 4 nitrogen and oxygen atoms in total. The van der Waals surface area contributed by atoms with Crippen molar-refractivity contribution in [1.82, 2.24) is 9.78 Å². The predicted molar refractivity (Wildman–Crippen MR) is 78.0 cm³/mol. The van der Waals surface area contributed by atoms with Crippen LogP contribution in [-0.2, 0) is 23.8 Å². The molecule has 0 saturated heterocycles. The Morgan fingerprint density at radius 2 is 2.00 bits per heavy atom. The zero-order valence-electron chi connectivity index (χ0n) is 11.8. The molecule has 1 aliphatic rings. The smallest absolute Gasteiger partial charge is 0.235 e. The van der Waals surface area contributed by atoms with E-state index in [1.54, 1.807) is 0 Å². The van der Waals surface area contributed by atoms with Crippen molar-refractivity contribution in [2.24, 2.45) is 4.99 Å². The number of aliphatic imine (C=N–C) groups is 1. The molecule has 3 rings (SSSR count). The molecule has 1 aromatic heterocycles. The van der Waals surface area contributed by atoms with E-state index in [0.29, 0.717) is 30.6 Å². The summed E-state index contributed by atoms with van der Waals surface area (Å²) >= 11 is 6.13. The molecule has 1 aliphatic carbocycles. The average Bonchev–Trinajstić information content (AvgIpc) is 2.87. The van der Waals surface area contributed by atoms with Gasteiger partial charge < -0.3 is 0 Å². The lowest BCUT2D eigenvalue weighted by atomic mass is 9.95. The fraction of sp³-hybridized carbons (Fsp3) is 0.333. The highest BCUT2D eigenvalue weighted by Gasteiger charge is 2.39. The third-order valence-corrected chi connectivity index (χ3v) is 4.09. The van der Waals surface area contributed by atoms with E-state index in [2.05, 4.69) is 10.1 Å². The average molecular weight is 342 g/mol. The van der Waals surface area contributed by atoms with E-state index >= 15 is 0 Å². The summed E-state index contributed by atoms with van der Waals surface area (Å²) in [7, 11) is 0. The minimum absolute atomic E-state index is 0.172. The minimum Gasteiger partial charge on any atom is -0.235 e. The minimum atomic E-state index is -4.50. The molecule has 0 spiro atoms. The lowest BCUT2D eigenvalue weighted by Gasteiger charge is -2.15. The molecular formula is C15H11ClF3N3O. The van der Waals surface area contributed by atoms with Crippen LogP contribution in [0.25, 0.3) is 5.69 Å². The molecule has 120 valence electrons. The van der Waals surface area contributed by atoms with Gasteiger partial charge in [-0.05, 0) is 43.9 Å². The van der Waals surface area contributed by atoms with Gasteiger partial charge in [0.25, 0.3) is 0 Å². The van der Waals surface area contributed by atoms with Crippen LogP contribution in [0.15, 0.2) is 23.2 Å². The number of rotatable bonds is 2. The number of hydrogen-bond acceptors (Lipinski definition) is 3. The van der Waals surface area contributed by atoms with E-state index in [0.717, 1.165) is 6.42 Å². The topological polar surface area (TPSA) is 47.2 Å². The third-order valence-electron chi connectivity index (χ3n) is 3.78. The Labute approximate surface area is 134 Å². The van der Waals surface area contributed by atoms with Gasteiger partial charge in [-0.2, -0.15) is 23.3 Å². The van der Waals surface area contributed by atoms with Gasteiger partial charge in [0.05, 0.1) is 16.4 Å². The number of nitrogens with zero attached hydrogens (tertiary/aromatic N) is 3. The maximum atomic E-state index is 13.2. The standard InChI is InChI=1S/C15H11ClF3N3O/c16-11-7-9(20-8-23)5-6-13(11)22-12-4-2-1-3-10(12)14(21-22)15(17,18)19/h5-7H,1-4H2. The van der Waals surface area contributed by atoms with Gasteiger partial charge in [-0.15, -0.1) is 0 Å². The summed E-state index contributed by atoms with van der Waals surface area (Å²) in [5.41, 5.74) is 0.557. The van der Waals surface area contributed by atoms with Crippen LogP contribution < -0.4 is 0 Å². The van der Waals surface area contributed by atoms with E-state index in [9.17, 15) is 18.0 Å². The quantitative estimate of drug-likeness (QED) is 0.600. The lowest BCUT2D eigenvalue weighted by Crippen LogP contribution is -2.11. The number of fused-ring (bicyclic) bond motifs is 1. The SMILES string of the molecule is O=C=Nc1ccc(-n2nc(C(F)(F)F)c3c2CCCC3)c(Cl)c1. The maximum absolute atomic E-state index is 13.2. The Morgan fingerprint density at radius 3 is 2.65 bits per heavy atom.